The van der Waals surface area contributed by atoms with Crippen LogP contribution in [-0.4, -0.2) is 129 Å². The van der Waals surface area contributed by atoms with E-state index in [1.165, 1.54) is 23.3 Å². The summed E-state index contributed by atoms with van der Waals surface area (Å²) in [6.07, 6.45) is 7.79. The number of nitro groups is 1. The average Bonchev–Trinajstić information content (AvgIpc) is 3.65. The number of ether oxygens (including phenoxy) is 4. The zero-order chi connectivity index (χ0) is 51.4. The number of nitrogens with zero attached hydrogens (tertiary/aromatic N) is 5. The van der Waals surface area contributed by atoms with Crippen molar-refractivity contribution in [2.45, 2.75) is 113 Å². The fourth-order valence-corrected chi connectivity index (χ4v) is 13.4. The standard InChI is InChI=1S/C55H68N8O10S/c1-35(2)41-6-4-5-7-42(41)48-33-70-23-22-61(48)39-29-55(30-39)17-20-60(21-18-55)38-8-10-43(45(27-38)62-32-49-50(34-71-24-25-72-49)73-53-47(62)26-37-14-19-56-51(37)58-53)52(64)59-74(68,69)40-9-11-44(46(28-40)63(66)67)57-31-36-12-15-54(3,65)16-13-36/h4-11,14,19,26-28,35-36,39,48-50,57,65H,12-13,15-18,20-25,29-34H2,1-3H3,(H,56,58)(H,59,64)/t36-,48-,49-,50+,54-/m0/s1. The summed E-state index contributed by atoms with van der Waals surface area (Å²) >= 11 is 0. The molecule has 394 valence electrons. The molecule has 5 aromatic rings. The lowest BCUT2D eigenvalue weighted by Crippen LogP contribution is -2.58. The molecule has 0 unspecified atom stereocenters. The van der Waals surface area contributed by atoms with Crippen molar-refractivity contribution in [3.8, 4) is 5.88 Å². The summed E-state index contributed by atoms with van der Waals surface area (Å²) < 4.78 is 55.6. The molecular formula is C55H68N8O10S. The number of nitrogens with one attached hydrogen (secondary N) is 3. The fourth-order valence-electron chi connectivity index (χ4n) is 12.4. The van der Waals surface area contributed by atoms with E-state index in [-0.39, 0.29) is 41.8 Å². The second-order valence-corrected chi connectivity index (χ2v) is 23.7. The summed E-state index contributed by atoms with van der Waals surface area (Å²) in [5.41, 5.74) is 4.54. The first kappa shape index (κ1) is 50.3. The van der Waals surface area contributed by atoms with Crippen LogP contribution in [0.15, 0.2) is 83.9 Å². The topological polar surface area (TPSA) is 214 Å². The van der Waals surface area contributed by atoms with Crippen molar-refractivity contribution in [1.29, 1.82) is 0 Å². The minimum atomic E-state index is -4.65. The van der Waals surface area contributed by atoms with Crippen molar-refractivity contribution < 1.29 is 42.2 Å². The van der Waals surface area contributed by atoms with E-state index in [0.717, 1.165) is 81.9 Å². The van der Waals surface area contributed by atoms with Gasteiger partial charge in [0.2, 0.25) is 5.88 Å². The number of hydrogen-bond acceptors (Lipinski definition) is 15. The van der Waals surface area contributed by atoms with Gasteiger partial charge in [-0.15, -0.1) is 0 Å². The number of hydrogen-bond donors (Lipinski definition) is 4. The number of amides is 1. The average molecular weight is 1030 g/mol. The van der Waals surface area contributed by atoms with Gasteiger partial charge in [0.25, 0.3) is 21.6 Å². The summed E-state index contributed by atoms with van der Waals surface area (Å²) in [4.78, 5) is 41.1. The van der Waals surface area contributed by atoms with E-state index in [4.69, 9.17) is 23.9 Å². The van der Waals surface area contributed by atoms with Gasteiger partial charge in [-0.3, -0.25) is 19.8 Å². The minimum Gasteiger partial charge on any atom is -0.467 e. The molecule has 3 saturated heterocycles. The number of rotatable bonds is 12. The number of anilines is 4. The summed E-state index contributed by atoms with van der Waals surface area (Å²) in [5.74, 6) is 0.000774. The SMILES string of the molecule is CC(C)c1ccccc1[C@@H]1COCCN1C1CC2(CCN(c3ccc(C(=O)NS(=O)(=O)c4ccc(NC[C@H]5CC[C@](C)(O)CC5)c([N+](=O)[O-])c4)c(N4C[C@@H]5OCCOC[C@H]5Oc5nc6[nH]ccc6cc54)c3)CC2)C1. The van der Waals surface area contributed by atoms with Gasteiger partial charge in [0.1, 0.15) is 23.1 Å². The van der Waals surface area contributed by atoms with Gasteiger partial charge >= 0.3 is 0 Å². The lowest BCUT2D eigenvalue weighted by molar-refractivity contribution is -0.384. The van der Waals surface area contributed by atoms with Crippen molar-refractivity contribution >= 4 is 55.4 Å². The van der Waals surface area contributed by atoms with Crippen LogP contribution in [0.4, 0.5) is 28.4 Å². The number of aliphatic hydroxyl groups is 1. The smallest absolute Gasteiger partial charge is 0.293 e. The Labute approximate surface area is 432 Å². The van der Waals surface area contributed by atoms with Crippen LogP contribution in [0.5, 0.6) is 5.88 Å². The number of H-pyrrole nitrogens is 1. The van der Waals surface area contributed by atoms with E-state index in [9.17, 15) is 28.4 Å². The molecule has 5 fully saturated rings. The van der Waals surface area contributed by atoms with Crippen LogP contribution in [0.3, 0.4) is 0 Å². The Bertz CT molecular complexity index is 2990. The molecule has 19 heteroatoms. The Morgan fingerprint density at radius 3 is 2.50 bits per heavy atom. The van der Waals surface area contributed by atoms with Gasteiger partial charge in [0, 0.05) is 55.6 Å². The number of pyridine rings is 1. The zero-order valence-electron chi connectivity index (χ0n) is 42.5. The number of carbonyl (C=O) groups is 1. The summed E-state index contributed by atoms with van der Waals surface area (Å²) in [5, 5.41) is 26.8. The molecule has 6 heterocycles. The number of morpholine rings is 1. The van der Waals surface area contributed by atoms with E-state index in [1.54, 1.807) is 12.3 Å². The monoisotopic (exact) mass is 1030 g/mol. The Hall–Kier alpha value is -5.83. The number of piperidine rings is 1. The number of aromatic nitrogens is 2. The minimum absolute atomic E-state index is 0.0643. The normalized spacial score (nSPS) is 25.6. The second kappa shape index (κ2) is 20.4. The van der Waals surface area contributed by atoms with Crippen molar-refractivity contribution in [1.82, 2.24) is 19.6 Å². The summed E-state index contributed by atoms with van der Waals surface area (Å²) in [6.45, 7) is 11.9. The van der Waals surface area contributed by atoms with Crippen LogP contribution in [0.2, 0.25) is 0 Å². The molecule has 2 saturated carbocycles. The van der Waals surface area contributed by atoms with Crippen LogP contribution in [0.1, 0.15) is 106 Å². The second-order valence-electron chi connectivity index (χ2n) is 22.0. The third-order valence-electron chi connectivity index (χ3n) is 16.8. The zero-order valence-corrected chi connectivity index (χ0v) is 43.3. The highest BCUT2D eigenvalue weighted by atomic mass is 32.2. The van der Waals surface area contributed by atoms with E-state index in [0.29, 0.717) is 74.1 Å². The van der Waals surface area contributed by atoms with Crippen molar-refractivity contribution in [2.75, 3.05) is 80.9 Å². The lowest BCUT2D eigenvalue weighted by Gasteiger charge is -2.57. The Morgan fingerprint density at radius 2 is 1.72 bits per heavy atom. The third-order valence-corrected chi connectivity index (χ3v) is 18.1. The molecule has 1 spiro atoms. The van der Waals surface area contributed by atoms with E-state index < -0.39 is 49.2 Å². The molecule has 3 atom stereocenters. The van der Waals surface area contributed by atoms with Crippen LogP contribution in [0.25, 0.3) is 11.0 Å². The van der Waals surface area contributed by atoms with Gasteiger partial charge in [-0.25, -0.2) is 13.1 Å². The highest BCUT2D eigenvalue weighted by Crippen LogP contribution is 2.53. The van der Waals surface area contributed by atoms with Crippen LogP contribution in [-0.2, 0) is 24.2 Å². The highest BCUT2D eigenvalue weighted by molar-refractivity contribution is 7.90. The fraction of sp³-hybridized carbons (Fsp3) is 0.527. The molecule has 1 amide bonds. The number of benzene rings is 3. The van der Waals surface area contributed by atoms with Crippen molar-refractivity contribution in [3.05, 3.63) is 106 Å². The van der Waals surface area contributed by atoms with Crippen molar-refractivity contribution in [3.63, 3.8) is 0 Å². The third kappa shape index (κ3) is 10.2. The summed E-state index contributed by atoms with van der Waals surface area (Å²) in [6, 6.07) is 22.5. The van der Waals surface area contributed by atoms with Crippen LogP contribution < -0.4 is 24.6 Å². The molecule has 74 heavy (non-hydrogen) atoms. The largest absolute Gasteiger partial charge is 0.467 e. The van der Waals surface area contributed by atoms with Crippen LogP contribution in [0, 0.1) is 21.4 Å². The number of carbonyl (C=O) groups excluding carboxylic acids is 1. The number of nitro benzene ring substituents is 1. The first-order valence-electron chi connectivity index (χ1n) is 26.4. The predicted molar refractivity (Wildman–Crippen MR) is 281 cm³/mol. The molecule has 2 aliphatic carbocycles. The molecule has 2 aromatic heterocycles. The Kier molecular flexibility index (Phi) is 13.9. The molecule has 0 bridgehead atoms. The predicted octanol–water partition coefficient (Wildman–Crippen LogP) is 8.20. The molecule has 4 aliphatic heterocycles. The maximum atomic E-state index is 14.7. The lowest BCUT2D eigenvalue weighted by atomic mass is 9.59. The van der Waals surface area contributed by atoms with Gasteiger partial charge in [-0.05, 0) is 129 Å². The van der Waals surface area contributed by atoms with Crippen molar-refractivity contribution in [2.24, 2.45) is 11.3 Å². The molecule has 6 aliphatic rings. The van der Waals surface area contributed by atoms with Gasteiger partial charge < -0.3 is 44.2 Å². The van der Waals surface area contributed by atoms with E-state index in [1.807, 2.05) is 36.1 Å². The molecule has 0 radical (unpaired) electrons. The Morgan fingerprint density at radius 1 is 0.932 bits per heavy atom. The van der Waals surface area contributed by atoms with Gasteiger partial charge in [-0.2, -0.15) is 4.98 Å². The number of aromatic amines is 1. The maximum Gasteiger partial charge on any atom is 0.293 e. The highest BCUT2D eigenvalue weighted by Gasteiger charge is 2.50. The van der Waals surface area contributed by atoms with E-state index in [2.05, 4.69) is 62.9 Å². The Balaban J connectivity index is 0.872. The first-order chi connectivity index (χ1) is 35.6. The molecule has 3 aromatic carbocycles. The maximum absolute atomic E-state index is 14.7. The quantitative estimate of drug-likeness (QED) is 0.0685. The number of fused-ring (bicyclic) bond motifs is 3. The molecule has 4 N–H and O–H groups in total. The van der Waals surface area contributed by atoms with Gasteiger partial charge in [-0.1, -0.05) is 38.1 Å². The molecule has 11 rings (SSSR count). The van der Waals surface area contributed by atoms with Gasteiger partial charge in [0.05, 0.1) is 72.3 Å². The summed E-state index contributed by atoms with van der Waals surface area (Å²) in [7, 11) is -4.65. The van der Waals surface area contributed by atoms with E-state index >= 15 is 0 Å². The first-order valence-corrected chi connectivity index (χ1v) is 27.9. The molecular weight excluding hydrogens is 965 g/mol. The van der Waals surface area contributed by atoms with Gasteiger partial charge in [0.15, 0.2) is 6.10 Å². The van der Waals surface area contributed by atoms with Crippen LogP contribution >= 0.6 is 0 Å². The number of sulfonamides is 1. The molecule has 18 nitrogen and oxygen atoms in total.